The van der Waals surface area contributed by atoms with Crippen molar-refractivity contribution in [1.29, 1.82) is 0 Å². The average molecular weight is 265 g/mol. The predicted octanol–water partition coefficient (Wildman–Crippen LogP) is -0.115. The summed E-state index contributed by atoms with van der Waals surface area (Å²) in [6.07, 6.45) is 1.94. The molecule has 0 amide bonds. The maximum absolute atomic E-state index is 11.8. The molecule has 0 bridgehead atoms. The van der Waals surface area contributed by atoms with Crippen LogP contribution in [-0.4, -0.2) is 54.4 Å². The van der Waals surface area contributed by atoms with Crippen LogP contribution in [0.1, 0.15) is 25.7 Å². The Morgan fingerprint density at radius 1 is 1.41 bits per heavy atom. The Bertz CT molecular complexity index is 352. The standard InChI is InChI=1S/C10H19NO5S/c12-6-3-9-2-1-5-11(8-9)17(15,16)7-4-10(13)14/h9,12H,1-8H2,(H,13,14). The number of aliphatic hydroxyl groups excluding tert-OH is 1. The van der Waals surface area contributed by atoms with E-state index >= 15 is 0 Å². The van der Waals surface area contributed by atoms with Gasteiger partial charge in [0.15, 0.2) is 0 Å². The van der Waals surface area contributed by atoms with Crippen molar-refractivity contribution >= 4 is 16.0 Å². The molecule has 1 rings (SSSR count). The molecule has 1 atom stereocenters. The van der Waals surface area contributed by atoms with Gasteiger partial charge >= 0.3 is 5.97 Å². The molecule has 0 spiro atoms. The third-order valence-corrected chi connectivity index (χ3v) is 4.82. The van der Waals surface area contributed by atoms with Crippen molar-refractivity contribution in [3.63, 3.8) is 0 Å². The summed E-state index contributed by atoms with van der Waals surface area (Å²) in [5, 5.41) is 17.3. The van der Waals surface area contributed by atoms with Gasteiger partial charge in [-0.15, -0.1) is 0 Å². The van der Waals surface area contributed by atoms with Gasteiger partial charge in [0.05, 0.1) is 12.2 Å². The van der Waals surface area contributed by atoms with E-state index in [9.17, 15) is 13.2 Å². The second-order valence-electron chi connectivity index (χ2n) is 4.34. The number of hydrogen-bond acceptors (Lipinski definition) is 4. The normalized spacial score (nSPS) is 22.5. The van der Waals surface area contributed by atoms with Crippen LogP contribution in [0.4, 0.5) is 0 Å². The monoisotopic (exact) mass is 265 g/mol. The van der Waals surface area contributed by atoms with Gasteiger partial charge in [0.1, 0.15) is 0 Å². The molecular weight excluding hydrogens is 246 g/mol. The van der Waals surface area contributed by atoms with Crippen molar-refractivity contribution in [2.24, 2.45) is 5.92 Å². The molecule has 1 aliphatic rings. The summed E-state index contributed by atoms with van der Waals surface area (Å²) in [7, 11) is -3.46. The van der Waals surface area contributed by atoms with E-state index < -0.39 is 16.0 Å². The summed E-state index contributed by atoms with van der Waals surface area (Å²) >= 11 is 0. The predicted molar refractivity (Wildman–Crippen MR) is 62.0 cm³/mol. The largest absolute Gasteiger partial charge is 0.481 e. The molecular formula is C10H19NO5S. The SMILES string of the molecule is O=C(O)CCS(=O)(=O)N1CCCC(CCO)C1. The lowest BCUT2D eigenvalue weighted by atomic mass is 9.97. The van der Waals surface area contributed by atoms with E-state index in [0.717, 1.165) is 12.8 Å². The van der Waals surface area contributed by atoms with Gasteiger partial charge in [-0.3, -0.25) is 4.79 Å². The van der Waals surface area contributed by atoms with Gasteiger partial charge < -0.3 is 10.2 Å². The quantitative estimate of drug-likeness (QED) is 0.698. The van der Waals surface area contributed by atoms with E-state index in [2.05, 4.69) is 0 Å². The summed E-state index contributed by atoms with van der Waals surface area (Å²) in [4.78, 5) is 10.4. The molecule has 1 unspecified atom stereocenters. The molecule has 0 radical (unpaired) electrons. The summed E-state index contributed by atoms with van der Waals surface area (Å²) in [6.45, 7) is 0.931. The molecule has 7 heteroatoms. The number of rotatable bonds is 6. The molecule has 17 heavy (non-hydrogen) atoms. The third kappa shape index (κ3) is 4.61. The van der Waals surface area contributed by atoms with Gasteiger partial charge in [-0.25, -0.2) is 12.7 Å². The smallest absolute Gasteiger partial charge is 0.304 e. The average Bonchev–Trinajstić information content (AvgIpc) is 2.27. The number of carboxylic acids is 1. The minimum absolute atomic E-state index is 0.0632. The second kappa shape index (κ2) is 6.32. The molecule has 1 saturated heterocycles. The van der Waals surface area contributed by atoms with Crippen molar-refractivity contribution in [2.45, 2.75) is 25.7 Å². The lowest BCUT2D eigenvalue weighted by molar-refractivity contribution is -0.136. The number of carboxylic acid groups (broad SMARTS) is 1. The van der Waals surface area contributed by atoms with E-state index in [1.807, 2.05) is 0 Å². The highest BCUT2D eigenvalue weighted by molar-refractivity contribution is 7.89. The Kier molecular flexibility index (Phi) is 5.35. The minimum Gasteiger partial charge on any atom is -0.481 e. The highest BCUT2D eigenvalue weighted by Gasteiger charge is 2.28. The van der Waals surface area contributed by atoms with Crippen molar-refractivity contribution in [1.82, 2.24) is 4.31 Å². The van der Waals surface area contributed by atoms with Gasteiger partial charge in [0.25, 0.3) is 0 Å². The van der Waals surface area contributed by atoms with Crippen molar-refractivity contribution < 1.29 is 23.4 Å². The maximum Gasteiger partial charge on any atom is 0.304 e. The molecule has 0 saturated carbocycles. The molecule has 0 aromatic rings. The van der Waals surface area contributed by atoms with E-state index in [1.165, 1.54) is 4.31 Å². The zero-order chi connectivity index (χ0) is 12.9. The molecule has 6 nitrogen and oxygen atoms in total. The number of carbonyl (C=O) groups is 1. The number of aliphatic hydroxyl groups is 1. The van der Waals surface area contributed by atoms with Gasteiger partial charge in [-0.05, 0) is 25.2 Å². The first kappa shape index (κ1) is 14.4. The fraction of sp³-hybridized carbons (Fsp3) is 0.900. The highest BCUT2D eigenvalue weighted by Crippen LogP contribution is 2.21. The molecule has 1 aliphatic heterocycles. The fourth-order valence-corrected chi connectivity index (χ4v) is 3.58. The van der Waals surface area contributed by atoms with Crippen LogP contribution in [-0.2, 0) is 14.8 Å². The first-order chi connectivity index (χ1) is 7.95. The first-order valence-electron chi connectivity index (χ1n) is 5.76. The third-order valence-electron chi connectivity index (χ3n) is 2.99. The van der Waals surface area contributed by atoms with Gasteiger partial charge in [0, 0.05) is 19.7 Å². The lowest BCUT2D eigenvalue weighted by Gasteiger charge is -2.31. The van der Waals surface area contributed by atoms with E-state index in [0.29, 0.717) is 19.5 Å². The number of hydrogen-bond donors (Lipinski definition) is 2. The van der Waals surface area contributed by atoms with Crippen LogP contribution < -0.4 is 0 Å². The molecule has 0 aromatic carbocycles. The van der Waals surface area contributed by atoms with E-state index in [-0.39, 0.29) is 24.7 Å². The van der Waals surface area contributed by atoms with Crippen LogP contribution in [0.25, 0.3) is 0 Å². The van der Waals surface area contributed by atoms with Crippen LogP contribution >= 0.6 is 0 Å². The fourth-order valence-electron chi connectivity index (χ4n) is 2.04. The van der Waals surface area contributed by atoms with Crippen LogP contribution in [0.15, 0.2) is 0 Å². The summed E-state index contributed by atoms with van der Waals surface area (Å²) < 4.78 is 25.0. The molecule has 2 N–H and O–H groups in total. The Morgan fingerprint density at radius 3 is 2.71 bits per heavy atom. The number of aliphatic carboxylic acids is 1. The summed E-state index contributed by atoms with van der Waals surface area (Å²) in [5.41, 5.74) is 0. The van der Waals surface area contributed by atoms with Crippen molar-refractivity contribution in [2.75, 3.05) is 25.4 Å². The summed E-state index contributed by atoms with van der Waals surface area (Å²) in [5.74, 6) is -1.25. The van der Waals surface area contributed by atoms with Crippen LogP contribution in [0.3, 0.4) is 0 Å². The Morgan fingerprint density at radius 2 is 2.12 bits per heavy atom. The highest BCUT2D eigenvalue weighted by atomic mass is 32.2. The van der Waals surface area contributed by atoms with Crippen molar-refractivity contribution in [3.05, 3.63) is 0 Å². The second-order valence-corrected chi connectivity index (χ2v) is 6.43. The van der Waals surface area contributed by atoms with Crippen LogP contribution in [0.2, 0.25) is 0 Å². The minimum atomic E-state index is -3.46. The molecule has 100 valence electrons. The zero-order valence-electron chi connectivity index (χ0n) is 9.71. The van der Waals surface area contributed by atoms with Crippen LogP contribution in [0, 0.1) is 5.92 Å². The summed E-state index contributed by atoms with van der Waals surface area (Å²) in [6, 6.07) is 0. The molecule has 1 fully saturated rings. The zero-order valence-corrected chi connectivity index (χ0v) is 10.5. The number of piperidine rings is 1. The first-order valence-corrected chi connectivity index (χ1v) is 7.37. The Hall–Kier alpha value is -0.660. The van der Waals surface area contributed by atoms with Crippen molar-refractivity contribution in [3.8, 4) is 0 Å². The number of nitrogens with zero attached hydrogens (tertiary/aromatic N) is 1. The van der Waals surface area contributed by atoms with E-state index in [4.69, 9.17) is 10.2 Å². The number of sulfonamides is 1. The maximum atomic E-state index is 11.8. The Labute approximate surface area is 101 Å². The Balaban J connectivity index is 2.55. The van der Waals surface area contributed by atoms with E-state index in [1.54, 1.807) is 0 Å². The topological polar surface area (TPSA) is 94.9 Å². The van der Waals surface area contributed by atoms with Gasteiger partial charge in [0.2, 0.25) is 10.0 Å². The molecule has 0 aromatic heterocycles. The van der Waals surface area contributed by atoms with Crippen LogP contribution in [0.5, 0.6) is 0 Å². The molecule has 1 heterocycles. The lowest BCUT2D eigenvalue weighted by Crippen LogP contribution is -2.41. The van der Waals surface area contributed by atoms with Gasteiger partial charge in [-0.2, -0.15) is 0 Å². The van der Waals surface area contributed by atoms with Gasteiger partial charge in [-0.1, -0.05) is 0 Å². The molecule has 0 aliphatic carbocycles.